The van der Waals surface area contributed by atoms with E-state index in [1.54, 1.807) is 0 Å². The van der Waals surface area contributed by atoms with Crippen LogP contribution < -0.4 is 10.6 Å². The monoisotopic (exact) mass is 258 g/mol. The molecule has 1 aliphatic heterocycles. The molecule has 2 nitrogen and oxygen atoms in total. The zero-order chi connectivity index (χ0) is 13.3. The Morgan fingerprint density at radius 1 is 1.33 bits per heavy atom. The van der Waals surface area contributed by atoms with E-state index in [0.717, 1.165) is 43.8 Å². The van der Waals surface area contributed by atoms with Crippen LogP contribution in [-0.4, -0.2) is 13.1 Å². The zero-order valence-corrected chi connectivity index (χ0v) is 10.3. The number of benzene rings is 1. The van der Waals surface area contributed by atoms with Crippen LogP contribution in [0, 0.1) is 5.92 Å². The van der Waals surface area contributed by atoms with E-state index >= 15 is 0 Å². The molecular weight excluding hydrogens is 241 g/mol. The molecule has 1 heterocycles. The molecule has 0 radical (unpaired) electrons. The Balaban J connectivity index is 2.08. The van der Waals surface area contributed by atoms with E-state index in [1.807, 2.05) is 4.90 Å². The van der Waals surface area contributed by atoms with Crippen LogP contribution in [0.4, 0.5) is 24.5 Å². The van der Waals surface area contributed by atoms with Crippen molar-refractivity contribution in [3.05, 3.63) is 23.8 Å². The molecule has 2 rings (SSSR count). The average Bonchev–Trinajstić information content (AvgIpc) is 2.22. The number of nitrogens with two attached hydrogens (primary N) is 1. The zero-order valence-electron chi connectivity index (χ0n) is 10.3. The first-order valence-electron chi connectivity index (χ1n) is 6.13. The molecule has 0 bridgehead atoms. The van der Waals surface area contributed by atoms with Crippen molar-refractivity contribution in [2.75, 3.05) is 23.7 Å². The number of anilines is 2. The summed E-state index contributed by atoms with van der Waals surface area (Å²) in [6.45, 7) is 3.92. The highest BCUT2D eigenvalue weighted by Gasteiger charge is 2.32. The first-order valence-corrected chi connectivity index (χ1v) is 6.13. The highest BCUT2D eigenvalue weighted by Crippen LogP contribution is 2.36. The molecule has 5 heteroatoms. The van der Waals surface area contributed by atoms with Crippen LogP contribution in [0.1, 0.15) is 25.3 Å². The molecule has 0 aliphatic carbocycles. The molecule has 0 saturated carbocycles. The molecule has 0 amide bonds. The third-order valence-corrected chi connectivity index (χ3v) is 3.35. The van der Waals surface area contributed by atoms with Gasteiger partial charge in [-0.25, -0.2) is 0 Å². The van der Waals surface area contributed by atoms with Crippen LogP contribution in [0.25, 0.3) is 0 Å². The van der Waals surface area contributed by atoms with Gasteiger partial charge in [-0.15, -0.1) is 0 Å². The Bertz CT molecular complexity index is 423. The smallest absolute Gasteiger partial charge is 0.397 e. The Labute approximate surface area is 105 Å². The van der Waals surface area contributed by atoms with E-state index in [1.165, 1.54) is 6.07 Å². The SMILES string of the molecule is CCCC1CN(c2ccc(C(F)(F)F)cc2N)C1. The number of nitrogen functional groups attached to an aromatic ring is 1. The fourth-order valence-electron chi connectivity index (χ4n) is 2.38. The summed E-state index contributed by atoms with van der Waals surface area (Å²) in [5.41, 5.74) is 5.95. The second-order valence-electron chi connectivity index (χ2n) is 4.83. The fourth-order valence-corrected chi connectivity index (χ4v) is 2.38. The maximum absolute atomic E-state index is 12.5. The summed E-state index contributed by atoms with van der Waals surface area (Å²) in [6.07, 6.45) is -2.02. The molecule has 100 valence electrons. The number of hydrogen-bond acceptors (Lipinski definition) is 2. The van der Waals surface area contributed by atoms with Crippen LogP contribution in [0.15, 0.2) is 18.2 Å². The third kappa shape index (κ3) is 2.54. The molecule has 0 atom stereocenters. The standard InChI is InChI=1S/C13H17F3N2/c1-2-3-9-7-18(8-9)12-5-4-10(6-11(12)17)13(14,15)16/h4-6,9H,2-3,7-8,17H2,1H3. The number of halogens is 3. The van der Waals surface area contributed by atoms with Gasteiger partial charge >= 0.3 is 6.18 Å². The quantitative estimate of drug-likeness (QED) is 0.840. The molecule has 0 aromatic heterocycles. The molecule has 1 fully saturated rings. The van der Waals surface area contributed by atoms with Gasteiger partial charge in [-0.2, -0.15) is 13.2 Å². The van der Waals surface area contributed by atoms with Gasteiger partial charge in [0.05, 0.1) is 16.9 Å². The molecule has 1 aromatic rings. The van der Waals surface area contributed by atoms with Crippen molar-refractivity contribution in [1.82, 2.24) is 0 Å². The summed E-state index contributed by atoms with van der Waals surface area (Å²) in [7, 11) is 0. The Morgan fingerprint density at radius 2 is 2.00 bits per heavy atom. The van der Waals surface area contributed by atoms with Crippen molar-refractivity contribution < 1.29 is 13.2 Å². The summed E-state index contributed by atoms with van der Waals surface area (Å²) in [4.78, 5) is 2.04. The topological polar surface area (TPSA) is 29.3 Å². The van der Waals surface area contributed by atoms with Crippen LogP contribution in [0.2, 0.25) is 0 Å². The van der Waals surface area contributed by atoms with Gasteiger partial charge < -0.3 is 10.6 Å². The minimum atomic E-state index is -4.33. The van der Waals surface area contributed by atoms with Crippen LogP contribution in [0.3, 0.4) is 0 Å². The molecule has 1 aliphatic rings. The maximum atomic E-state index is 12.5. The van der Waals surface area contributed by atoms with Crippen molar-refractivity contribution in [3.8, 4) is 0 Å². The lowest BCUT2D eigenvalue weighted by Crippen LogP contribution is -2.46. The van der Waals surface area contributed by atoms with E-state index in [2.05, 4.69) is 6.92 Å². The number of hydrogen-bond donors (Lipinski definition) is 1. The van der Waals surface area contributed by atoms with Crippen molar-refractivity contribution in [1.29, 1.82) is 0 Å². The Kier molecular flexibility index (Phi) is 3.41. The van der Waals surface area contributed by atoms with Gasteiger partial charge in [-0.3, -0.25) is 0 Å². The number of alkyl halides is 3. The second kappa shape index (κ2) is 4.71. The highest BCUT2D eigenvalue weighted by atomic mass is 19.4. The first kappa shape index (κ1) is 13.1. The molecule has 0 unspecified atom stereocenters. The van der Waals surface area contributed by atoms with Crippen molar-refractivity contribution in [2.24, 2.45) is 5.92 Å². The van der Waals surface area contributed by atoms with Crippen molar-refractivity contribution >= 4 is 11.4 Å². The van der Waals surface area contributed by atoms with E-state index in [9.17, 15) is 13.2 Å². The largest absolute Gasteiger partial charge is 0.416 e. The van der Waals surface area contributed by atoms with E-state index in [4.69, 9.17) is 5.73 Å². The lowest BCUT2D eigenvalue weighted by Gasteiger charge is -2.41. The Hall–Kier alpha value is -1.39. The summed E-state index contributed by atoms with van der Waals surface area (Å²) in [5.74, 6) is 0.650. The maximum Gasteiger partial charge on any atom is 0.416 e. The predicted octanol–water partition coefficient (Wildman–Crippen LogP) is 3.52. The van der Waals surface area contributed by atoms with Gasteiger partial charge in [0, 0.05) is 13.1 Å². The molecule has 1 aromatic carbocycles. The van der Waals surface area contributed by atoms with Gasteiger partial charge in [0.1, 0.15) is 0 Å². The van der Waals surface area contributed by atoms with Gasteiger partial charge in [-0.1, -0.05) is 13.3 Å². The van der Waals surface area contributed by atoms with E-state index in [0.29, 0.717) is 5.92 Å². The number of nitrogens with zero attached hydrogens (tertiary/aromatic N) is 1. The Morgan fingerprint density at radius 3 is 2.50 bits per heavy atom. The highest BCUT2D eigenvalue weighted by molar-refractivity contribution is 5.69. The predicted molar refractivity (Wildman–Crippen MR) is 66.5 cm³/mol. The summed E-state index contributed by atoms with van der Waals surface area (Å²) < 4.78 is 37.5. The van der Waals surface area contributed by atoms with Crippen LogP contribution >= 0.6 is 0 Å². The van der Waals surface area contributed by atoms with Gasteiger partial charge in [0.25, 0.3) is 0 Å². The molecule has 18 heavy (non-hydrogen) atoms. The molecule has 1 saturated heterocycles. The van der Waals surface area contributed by atoms with Crippen molar-refractivity contribution in [3.63, 3.8) is 0 Å². The van der Waals surface area contributed by atoms with Gasteiger partial charge in [0.2, 0.25) is 0 Å². The van der Waals surface area contributed by atoms with E-state index < -0.39 is 11.7 Å². The van der Waals surface area contributed by atoms with Crippen molar-refractivity contribution in [2.45, 2.75) is 25.9 Å². The molecule has 0 spiro atoms. The van der Waals surface area contributed by atoms with Crippen LogP contribution in [-0.2, 0) is 6.18 Å². The minimum Gasteiger partial charge on any atom is -0.397 e. The summed E-state index contributed by atoms with van der Waals surface area (Å²) in [5, 5.41) is 0. The van der Waals surface area contributed by atoms with Gasteiger partial charge in [-0.05, 0) is 30.5 Å². The second-order valence-corrected chi connectivity index (χ2v) is 4.83. The fraction of sp³-hybridized carbons (Fsp3) is 0.538. The normalized spacial score (nSPS) is 16.8. The third-order valence-electron chi connectivity index (χ3n) is 3.35. The number of rotatable bonds is 3. The van der Waals surface area contributed by atoms with E-state index in [-0.39, 0.29) is 5.69 Å². The average molecular weight is 258 g/mol. The summed E-state index contributed by atoms with van der Waals surface area (Å²) in [6, 6.07) is 3.58. The first-order chi connectivity index (χ1) is 8.41. The van der Waals surface area contributed by atoms with Gasteiger partial charge in [0.15, 0.2) is 0 Å². The van der Waals surface area contributed by atoms with Crippen LogP contribution in [0.5, 0.6) is 0 Å². The molecular formula is C13H17F3N2. The molecule has 2 N–H and O–H groups in total. The minimum absolute atomic E-state index is 0.208. The lowest BCUT2D eigenvalue weighted by atomic mass is 9.94. The lowest BCUT2D eigenvalue weighted by molar-refractivity contribution is -0.137. The summed E-state index contributed by atoms with van der Waals surface area (Å²) >= 11 is 0.